The number of nitrogens with one attached hydrogen (secondary N) is 2. The maximum Gasteiger partial charge on any atom is 0.258 e. The van der Waals surface area contributed by atoms with Crippen molar-refractivity contribution in [2.45, 2.75) is 0 Å². The molecule has 0 saturated heterocycles. The molecule has 0 atom stereocenters. The van der Waals surface area contributed by atoms with Gasteiger partial charge in [-0.05, 0) is 60.7 Å². The van der Waals surface area contributed by atoms with Gasteiger partial charge >= 0.3 is 0 Å². The van der Waals surface area contributed by atoms with Crippen LogP contribution in [0, 0.1) is 0 Å². The van der Waals surface area contributed by atoms with E-state index in [4.69, 9.17) is 40.4 Å². The average Bonchev–Trinajstić information content (AvgIpc) is 3.15. The lowest BCUT2D eigenvalue weighted by molar-refractivity contribution is 0.0978. The molecule has 1 amide bonds. The fraction of sp³-hybridized carbons (Fsp3) is 0. The molecule has 0 radical (unpaired) electrons. The highest BCUT2D eigenvalue weighted by atomic mass is 79.9. The second-order valence-electron chi connectivity index (χ2n) is 6.21. The number of halogens is 3. The minimum atomic E-state index is -0.446. The Balaban J connectivity index is 1.59. The Bertz CT molecular complexity index is 1260. The van der Waals surface area contributed by atoms with Gasteiger partial charge in [-0.2, -0.15) is 0 Å². The zero-order valence-corrected chi connectivity index (χ0v) is 19.8. The lowest BCUT2D eigenvalue weighted by Gasteiger charge is -2.13. The maximum absolute atomic E-state index is 12.5. The third-order valence-corrected chi connectivity index (χ3v) is 6.49. The van der Waals surface area contributed by atoms with Gasteiger partial charge in [0.1, 0.15) is 5.01 Å². The molecule has 3 aromatic carbocycles. The number of para-hydroxylation sites is 1. The molecule has 1 aromatic heterocycles. The molecule has 4 rings (SSSR count). The summed E-state index contributed by atoms with van der Waals surface area (Å²) >= 11 is 22.5. The van der Waals surface area contributed by atoms with Crippen LogP contribution in [0.25, 0.3) is 20.8 Å². The van der Waals surface area contributed by atoms with Crippen LogP contribution in [-0.2, 0) is 0 Å². The predicted octanol–water partition coefficient (Wildman–Crippen LogP) is 7.16. The quantitative estimate of drug-likeness (QED) is 0.273. The van der Waals surface area contributed by atoms with Gasteiger partial charge in [0.25, 0.3) is 5.91 Å². The van der Waals surface area contributed by atoms with Crippen molar-refractivity contribution in [2.24, 2.45) is 0 Å². The van der Waals surface area contributed by atoms with Gasteiger partial charge in [0, 0.05) is 15.1 Å². The van der Waals surface area contributed by atoms with E-state index in [0.717, 1.165) is 30.9 Å². The van der Waals surface area contributed by atoms with Gasteiger partial charge < -0.3 is 5.32 Å². The highest BCUT2D eigenvalue weighted by Crippen LogP contribution is 2.36. The van der Waals surface area contributed by atoms with Gasteiger partial charge in [-0.25, -0.2) is 4.98 Å². The van der Waals surface area contributed by atoms with Crippen LogP contribution in [0.15, 0.2) is 65.1 Å². The minimum absolute atomic E-state index is 0.140. The van der Waals surface area contributed by atoms with E-state index in [1.165, 1.54) is 6.07 Å². The number of rotatable bonds is 3. The van der Waals surface area contributed by atoms with E-state index in [1.54, 1.807) is 23.5 Å². The zero-order valence-electron chi connectivity index (χ0n) is 15.1. The summed E-state index contributed by atoms with van der Waals surface area (Å²) in [5.41, 5.74) is 2.76. The molecule has 4 nitrogen and oxygen atoms in total. The molecule has 0 unspecified atom stereocenters. The number of fused-ring (bicyclic) bond motifs is 1. The summed E-state index contributed by atoms with van der Waals surface area (Å²) in [7, 11) is 0. The summed E-state index contributed by atoms with van der Waals surface area (Å²) in [5, 5.41) is 7.41. The smallest absolute Gasteiger partial charge is 0.258 e. The van der Waals surface area contributed by atoms with Gasteiger partial charge in [0.05, 0.1) is 26.5 Å². The first-order chi connectivity index (χ1) is 14.4. The second kappa shape index (κ2) is 8.99. The number of hydrogen-bond donors (Lipinski definition) is 2. The number of benzene rings is 3. The van der Waals surface area contributed by atoms with Gasteiger partial charge in [-0.15, -0.1) is 11.3 Å². The Labute approximate surface area is 200 Å². The van der Waals surface area contributed by atoms with Crippen LogP contribution < -0.4 is 10.6 Å². The Kier molecular flexibility index (Phi) is 6.36. The Morgan fingerprint density at radius 2 is 1.87 bits per heavy atom. The van der Waals surface area contributed by atoms with E-state index in [0.29, 0.717) is 10.0 Å². The number of nitrogens with zero attached hydrogens (tertiary/aromatic N) is 1. The number of thiazole rings is 1. The van der Waals surface area contributed by atoms with Crippen molar-refractivity contribution in [1.82, 2.24) is 10.3 Å². The lowest BCUT2D eigenvalue weighted by Crippen LogP contribution is -2.34. The fourth-order valence-electron chi connectivity index (χ4n) is 2.79. The number of amides is 1. The van der Waals surface area contributed by atoms with Crippen LogP contribution in [0.3, 0.4) is 0 Å². The van der Waals surface area contributed by atoms with E-state index in [1.807, 2.05) is 42.5 Å². The van der Waals surface area contributed by atoms with Crippen LogP contribution in [0.5, 0.6) is 0 Å². The van der Waals surface area contributed by atoms with E-state index < -0.39 is 5.91 Å². The van der Waals surface area contributed by atoms with E-state index in [2.05, 4.69) is 26.6 Å². The summed E-state index contributed by atoms with van der Waals surface area (Å²) in [6, 6.07) is 18.3. The zero-order chi connectivity index (χ0) is 21.3. The summed E-state index contributed by atoms with van der Waals surface area (Å²) < 4.78 is 1.99. The van der Waals surface area contributed by atoms with Gasteiger partial charge in [0.2, 0.25) is 0 Å². The largest absolute Gasteiger partial charge is 0.332 e. The molecule has 0 bridgehead atoms. The van der Waals surface area contributed by atoms with Crippen LogP contribution in [0.2, 0.25) is 10.0 Å². The monoisotopic (exact) mass is 535 g/mol. The molecule has 0 aliphatic heterocycles. The van der Waals surface area contributed by atoms with Crippen LogP contribution >= 0.6 is 62.7 Å². The number of hydrogen-bond acceptors (Lipinski definition) is 4. The first-order valence-corrected chi connectivity index (χ1v) is 11.4. The third-order valence-electron chi connectivity index (χ3n) is 4.15. The van der Waals surface area contributed by atoms with Crippen LogP contribution in [0.1, 0.15) is 10.4 Å². The van der Waals surface area contributed by atoms with Gasteiger partial charge in [-0.3, -0.25) is 10.1 Å². The molecule has 9 heteroatoms. The molecule has 4 aromatic rings. The highest BCUT2D eigenvalue weighted by molar-refractivity contribution is 9.10. The summed E-state index contributed by atoms with van der Waals surface area (Å²) in [4.78, 5) is 17.3. The summed E-state index contributed by atoms with van der Waals surface area (Å²) in [6.07, 6.45) is 0. The van der Waals surface area contributed by atoms with Crippen molar-refractivity contribution in [3.63, 3.8) is 0 Å². The van der Waals surface area contributed by atoms with Crippen molar-refractivity contribution in [1.29, 1.82) is 0 Å². The third kappa shape index (κ3) is 4.66. The second-order valence-corrected chi connectivity index (χ2v) is 9.41. The number of carbonyl (C=O) groups is 1. The average molecular weight is 537 g/mol. The molecule has 150 valence electrons. The highest BCUT2D eigenvalue weighted by Gasteiger charge is 2.15. The SMILES string of the molecule is O=C(NC(=S)Nc1ccc(Br)cc1-c1nc2ccccc2s1)c1cc(Cl)ccc1Cl. The molecule has 30 heavy (non-hydrogen) atoms. The maximum atomic E-state index is 12.5. The molecule has 0 fully saturated rings. The molecule has 0 spiro atoms. The van der Waals surface area contributed by atoms with Crippen LogP contribution in [0.4, 0.5) is 5.69 Å². The lowest BCUT2D eigenvalue weighted by atomic mass is 10.2. The van der Waals surface area contributed by atoms with Crippen molar-refractivity contribution in [2.75, 3.05) is 5.32 Å². The molecule has 0 saturated carbocycles. The number of thiocarbonyl (C=S) groups is 1. The molecular weight excluding hydrogens is 525 g/mol. The summed E-state index contributed by atoms with van der Waals surface area (Å²) in [6.45, 7) is 0. The van der Waals surface area contributed by atoms with Gasteiger partial charge in [-0.1, -0.05) is 51.3 Å². The Morgan fingerprint density at radius 1 is 1.07 bits per heavy atom. The minimum Gasteiger partial charge on any atom is -0.332 e. The number of anilines is 1. The number of aromatic nitrogens is 1. The molecule has 0 aliphatic rings. The normalized spacial score (nSPS) is 10.8. The molecule has 2 N–H and O–H groups in total. The van der Waals surface area contributed by atoms with Crippen LogP contribution in [-0.4, -0.2) is 16.0 Å². The topological polar surface area (TPSA) is 54.0 Å². The summed E-state index contributed by atoms with van der Waals surface area (Å²) in [5.74, 6) is -0.446. The fourth-order valence-corrected chi connectivity index (χ4v) is 4.72. The Hall–Kier alpha value is -2.03. The van der Waals surface area contributed by atoms with Crippen molar-refractivity contribution >= 4 is 89.6 Å². The van der Waals surface area contributed by atoms with E-state index in [-0.39, 0.29) is 10.7 Å². The van der Waals surface area contributed by atoms with Gasteiger partial charge in [0.15, 0.2) is 5.11 Å². The standard InChI is InChI=1S/C21H12BrCl2N3OS2/c22-11-5-8-16(14(9-11)20-25-17-3-1-2-4-18(17)30-20)26-21(29)27-19(28)13-10-12(23)6-7-15(13)24/h1-10H,(H2,26,27,28,29). The Morgan fingerprint density at radius 3 is 2.67 bits per heavy atom. The van der Waals surface area contributed by atoms with Crippen molar-refractivity contribution in [3.05, 3.63) is 80.7 Å². The first-order valence-electron chi connectivity index (χ1n) is 8.63. The molecular formula is C21H12BrCl2N3OS2. The predicted molar refractivity (Wildman–Crippen MR) is 133 cm³/mol. The number of carbonyl (C=O) groups excluding carboxylic acids is 1. The van der Waals surface area contributed by atoms with Crippen molar-refractivity contribution in [3.8, 4) is 10.6 Å². The van der Waals surface area contributed by atoms with Crippen molar-refractivity contribution < 1.29 is 4.79 Å². The molecule has 1 heterocycles. The van der Waals surface area contributed by atoms with E-state index >= 15 is 0 Å². The molecule has 0 aliphatic carbocycles. The first kappa shape index (κ1) is 21.2. The van der Waals surface area contributed by atoms with E-state index in [9.17, 15) is 4.79 Å².